The Balaban J connectivity index is 1.12. The van der Waals surface area contributed by atoms with Crippen molar-refractivity contribution in [1.82, 2.24) is 15.1 Å². The van der Waals surface area contributed by atoms with Crippen molar-refractivity contribution < 1.29 is 14.3 Å². The number of benzene rings is 2. The summed E-state index contributed by atoms with van der Waals surface area (Å²) >= 11 is 0. The fourth-order valence-electron chi connectivity index (χ4n) is 7.73. The van der Waals surface area contributed by atoms with Gasteiger partial charge in [-0.05, 0) is 85.5 Å². The number of aryl methyl sites for hydroxylation is 1. The molecule has 6 nitrogen and oxygen atoms in total. The molecule has 4 atom stereocenters. The molecule has 3 heterocycles. The highest BCUT2D eigenvalue weighted by Gasteiger charge is 2.51. The highest BCUT2D eigenvalue weighted by molar-refractivity contribution is 5.76. The molecule has 3 aliphatic rings. The lowest BCUT2D eigenvalue weighted by Gasteiger charge is -2.56. The van der Waals surface area contributed by atoms with E-state index in [2.05, 4.69) is 58.4 Å². The van der Waals surface area contributed by atoms with E-state index in [-0.39, 0.29) is 17.4 Å². The van der Waals surface area contributed by atoms with Crippen molar-refractivity contribution in [3.63, 3.8) is 0 Å². The van der Waals surface area contributed by atoms with Crippen LogP contribution < -0.4 is 5.32 Å². The molecule has 2 N–H and O–H groups in total. The lowest BCUT2D eigenvalue weighted by Crippen LogP contribution is -2.61. The number of aromatic hydroxyl groups is 1. The molecule has 0 radical (unpaired) electrons. The summed E-state index contributed by atoms with van der Waals surface area (Å²) < 4.78 is 5.56. The van der Waals surface area contributed by atoms with Crippen LogP contribution in [0.15, 0.2) is 71.3 Å². The smallest absolute Gasteiger partial charge is 0.221 e. The van der Waals surface area contributed by atoms with Crippen LogP contribution in [-0.2, 0) is 29.6 Å². The van der Waals surface area contributed by atoms with Crippen molar-refractivity contribution in [1.29, 1.82) is 0 Å². The molecular formula is C34H43N3O3. The molecular weight excluding hydrogens is 498 g/mol. The van der Waals surface area contributed by atoms with E-state index in [1.165, 1.54) is 16.7 Å². The number of carbonyl (C=O) groups excluding carboxylic acids is 1. The summed E-state index contributed by atoms with van der Waals surface area (Å²) in [6.07, 6.45) is 8.33. The number of nitrogens with zero attached hydrogens (tertiary/aromatic N) is 2. The van der Waals surface area contributed by atoms with Gasteiger partial charge in [0.1, 0.15) is 11.5 Å². The first-order chi connectivity index (χ1) is 19.5. The third-order valence-corrected chi connectivity index (χ3v) is 9.83. The fourth-order valence-corrected chi connectivity index (χ4v) is 7.73. The van der Waals surface area contributed by atoms with Crippen molar-refractivity contribution in [3.8, 4) is 5.75 Å². The minimum atomic E-state index is -0.0479. The minimum Gasteiger partial charge on any atom is -0.508 e. The van der Waals surface area contributed by atoms with Gasteiger partial charge in [0.25, 0.3) is 0 Å². The molecule has 6 rings (SSSR count). The predicted molar refractivity (Wildman–Crippen MR) is 157 cm³/mol. The number of hydrogen-bond acceptors (Lipinski definition) is 5. The quantitative estimate of drug-likeness (QED) is 0.385. The average molecular weight is 542 g/mol. The van der Waals surface area contributed by atoms with E-state index in [1.807, 2.05) is 18.2 Å². The van der Waals surface area contributed by atoms with Crippen LogP contribution in [0.5, 0.6) is 5.75 Å². The third-order valence-electron chi connectivity index (χ3n) is 9.83. The van der Waals surface area contributed by atoms with Crippen LogP contribution >= 0.6 is 0 Å². The van der Waals surface area contributed by atoms with Gasteiger partial charge in [0.2, 0.25) is 5.91 Å². The van der Waals surface area contributed by atoms with Gasteiger partial charge in [-0.3, -0.25) is 14.6 Å². The van der Waals surface area contributed by atoms with Crippen molar-refractivity contribution >= 4 is 5.91 Å². The van der Waals surface area contributed by atoms with Gasteiger partial charge in [-0.15, -0.1) is 0 Å². The number of fused-ring (bicyclic) bond motifs is 3. The van der Waals surface area contributed by atoms with Crippen LogP contribution in [0.25, 0.3) is 0 Å². The van der Waals surface area contributed by atoms with Crippen molar-refractivity contribution in [2.75, 3.05) is 26.2 Å². The summed E-state index contributed by atoms with van der Waals surface area (Å²) in [7, 11) is 0. The average Bonchev–Trinajstić information content (AvgIpc) is 3.48. The molecule has 2 aliphatic heterocycles. The molecule has 6 heteroatoms. The number of nitrogens with one attached hydrogen (secondary N) is 1. The third kappa shape index (κ3) is 5.84. The van der Waals surface area contributed by atoms with E-state index in [4.69, 9.17) is 4.42 Å². The van der Waals surface area contributed by atoms with Gasteiger partial charge in [0.05, 0.1) is 6.26 Å². The standard InChI is InChI=1S/C34H43N3O3/c1-25-23-37(15-5-11-32-12-6-18-40-32)30-20-29(21-34(25,22-30)28-9-4-10-31(38)19-28)35-33(39)14-17-36-16-13-26-7-2-3-8-27(26)24-36/h2-4,6-10,12,18-19,25,29-30,38H,5,11,13-17,20-24H2,1H3,(H,35,39)/t25-,29+,30+,34+/m1/s1. The molecule has 1 aliphatic carbocycles. The first-order valence-electron chi connectivity index (χ1n) is 15.1. The zero-order valence-electron chi connectivity index (χ0n) is 23.7. The van der Waals surface area contributed by atoms with Crippen LogP contribution in [0.3, 0.4) is 0 Å². The second-order valence-electron chi connectivity index (χ2n) is 12.4. The normalized spacial score (nSPS) is 26.8. The first-order valence-corrected chi connectivity index (χ1v) is 15.1. The van der Waals surface area contributed by atoms with E-state index >= 15 is 0 Å². The number of amides is 1. The van der Waals surface area contributed by atoms with Crippen LogP contribution in [-0.4, -0.2) is 59.1 Å². The van der Waals surface area contributed by atoms with E-state index < -0.39 is 0 Å². The minimum absolute atomic E-state index is 0.0479. The Morgan fingerprint density at radius 3 is 2.77 bits per heavy atom. The molecule has 212 valence electrons. The molecule has 2 aromatic carbocycles. The van der Waals surface area contributed by atoms with Crippen LogP contribution in [0, 0.1) is 5.92 Å². The molecule has 0 unspecified atom stereocenters. The van der Waals surface area contributed by atoms with Gasteiger partial charge in [0.15, 0.2) is 0 Å². The van der Waals surface area contributed by atoms with Crippen molar-refractivity contribution in [2.45, 2.75) is 75.9 Å². The Morgan fingerprint density at radius 1 is 1.07 bits per heavy atom. The SMILES string of the molecule is C[C@@H]1CN(CCCc2ccco2)[C@H]2C[C@H](NC(=O)CCN3CCc4ccccc4C3)C[C@]1(c1cccc(O)c1)C2. The van der Waals surface area contributed by atoms with Gasteiger partial charge in [-0.2, -0.15) is 0 Å². The number of piperidine rings is 1. The maximum absolute atomic E-state index is 13.3. The molecule has 1 saturated carbocycles. The largest absolute Gasteiger partial charge is 0.508 e. The van der Waals surface area contributed by atoms with Crippen molar-refractivity contribution in [3.05, 3.63) is 89.4 Å². The number of phenolic OH excluding ortho intramolecular Hbond substituents is 1. The maximum atomic E-state index is 13.3. The Morgan fingerprint density at radius 2 is 1.95 bits per heavy atom. The number of rotatable bonds is 9. The second kappa shape index (κ2) is 11.8. The molecule has 0 spiro atoms. The molecule has 1 amide bonds. The van der Waals surface area contributed by atoms with Gasteiger partial charge >= 0.3 is 0 Å². The number of hydrogen-bond donors (Lipinski definition) is 2. The Bertz CT molecular complexity index is 1290. The van der Waals surface area contributed by atoms with E-state index in [9.17, 15) is 9.90 Å². The molecule has 2 fully saturated rings. The Labute approximate surface area is 238 Å². The van der Waals surface area contributed by atoms with Gasteiger partial charge in [-0.1, -0.05) is 43.3 Å². The molecule has 1 aromatic heterocycles. The zero-order chi connectivity index (χ0) is 27.5. The lowest BCUT2D eigenvalue weighted by atomic mass is 9.57. The number of carbonyl (C=O) groups is 1. The van der Waals surface area contributed by atoms with E-state index in [0.29, 0.717) is 24.1 Å². The molecule has 2 bridgehead atoms. The fraction of sp³-hybridized carbons (Fsp3) is 0.500. The Kier molecular flexibility index (Phi) is 7.99. The first kappa shape index (κ1) is 27.1. The summed E-state index contributed by atoms with van der Waals surface area (Å²) in [5.41, 5.74) is 4.00. The highest BCUT2D eigenvalue weighted by Crippen LogP contribution is 2.50. The van der Waals surface area contributed by atoms with Crippen LogP contribution in [0.4, 0.5) is 0 Å². The number of furan rings is 1. The topological polar surface area (TPSA) is 69.0 Å². The maximum Gasteiger partial charge on any atom is 0.221 e. The summed E-state index contributed by atoms with van der Waals surface area (Å²) in [5, 5.41) is 13.8. The highest BCUT2D eigenvalue weighted by atomic mass is 16.3. The number of phenols is 1. The molecule has 1 saturated heterocycles. The molecule has 3 aromatic rings. The van der Waals surface area contributed by atoms with E-state index in [1.54, 1.807) is 12.3 Å². The monoisotopic (exact) mass is 541 g/mol. The Hall–Kier alpha value is -3.09. The predicted octanol–water partition coefficient (Wildman–Crippen LogP) is 5.29. The van der Waals surface area contributed by atoms with E-state index in [0.717, 1.165) is 77.0 Å². The lowest BCUT2D eigenvalue weighted by molar-refractivity contribution is -0.123. The zero-order valence-corrected chi connectivity index (χ0v) is 23.7. The summed E-state index contributed by atoms with van der Waals surface area (Å²) in [6, 6.07) is 21.1. The van der Waals surface area contributed by atoms with Crippen molar-refractivity contribution in [2.24, 2.45) is 5.92 Å². The van der Waals surface area contributed by atoms with Gasteiger partial charge in [-0.25, -0.2) is 0 Å². The number of likely N-dealkylation sites (tertiary alicyclic amines) is 1. The second-order valence-corrected chi connectivity index (χ2v) is 12.4. The van der Waals surface area contributed by atoms with Crippen LogP contribution in [0.2, 0.25) is 0 Å². The van der Waals surface area contributed by atoms with Gasteiger partial charge in [0, 0.05) is 56.5 Å². The van der Waals surface area contributed by atoms with Crippen LogP contribution in [0.1, 0.15) is 61.5 Å². The molecule has 40 heavy (non-hydrogen) atoms. The summed E-state index contributed by atoms with van der Waals surface area (Å²) in [4.78, 5) is 18.3. The summed E-state index contributed by atoms with van der Waals surface area (Å²) in [5.74, 6) is 1.95. The summed E-state index contributed by atoms with van der Waals surface area (Å²) in [6.45, 7) is 7.17. The van der Waals surface area contributed by atoms with Gasteiger partial charge < -0.3 is 14.8 Å².